The van der Waals surface area contributed by atoms with Gasteiger partial charge < -0.3 is 14.5 Å². The Labute approximate surface area is 152 Å². The van der Waals surface area contributed by atoms with Gasteiger partial charge in [0.25, 0.3) is 0 Å². The molecule has 0 radical (unpaired) electrons. The van der Waals surface area contributed by atoms with E-state index in [1.165, 1.54) is 0 Å². The highest BCUT2D eigenvalue weighted by Crippen LogP contribution is 2.16. The van der Waals surface area contributed by atoms with Crippen LogP contribution in [0.2, 0.25) is 0 Å². The molecule has 0 unspecified atom stereocenters. The summed E-state index contributed by atoms with van der Waals surface area (Å²) in [6.45, 7) is 4.82. The lowest BCUT2D eigenvalue weighted by Gasteiger charge is -2.22. The Kier molecular flexibility index (Phi) is 5.78. The molecular formula is C19H22N4O3. The first-order valence-electron chi connectivity index (χ1n) is 8.77. The molecule has 136 valence electrons. The van der Waals surface area contributed by atoms with E-state index >= 15 is 0 Å². The van der Waals surface area contributed by atoms with Crippen LogP contribution in [-0.4, -0.2) is 59.5 Å². The largest absolute Gasteiger partial charge is 0.450 e. The van der Waals surface area contributed by atoms with E-state index in [2.05, 4.69) is 14.9 Å². The number of nitrogens with zero attached hydrogens (tertiary/aromatic N) is 4. The quantitative estimate of drug-likeness (QED) is 0.785. The standard InChI is InChI=1S/C19H22N4O3/c1-2-26-19(25)23-11-5-10-22(12-13-23)17-8-3-7-16(21-17)18(24)15-6-4-9-20-14-15/h3-4,6-9,14H,2,5,10-13H2,1H3. The third-order valence-electron chi connectivity index (χ3n) is 4.24. The van der Waals surface area contributed by atoms with Crippen molar-refractivity contribution in [3.8, 4) is 0 Å². The maximum absolute atomic E-state index is 12.6. The van der Waals surface area contributed by atoms with Crippen molar-refractivity contribution < 1.29 is 14.3 Å². The molecule has 7 nitrogen and oxygen atoms in total. The minimum atomic E-state index is -0.275. The second-order valence-corrected chi connectivity index (χ2v) is 5.98. The van der Waals surface area contributed by atoms with E-state index in [9.17, 15) is 9.59 Å². The fourth-order valence-corrected chi connectivity index (χ4v) is 2.91. The first kappa shape index (κ1) is 17.8. The highest BCUT2D eigenvalue weighted by atomic mass is 16.6. The Morgan fingerprint density at radius 2 is 2.00 bits per heavy atom. The van der Waals surface area contributed by atoms with Crippen molar-refractivity contribution in [2.45, 2.75) is 13.3 Å². The highest BCUT2D eigenvalue weighted by molar-refractivity contribution is 6.07. The van der Waals surface area contributed by atoms with Crippen LogP contribution in [0.15, 0.2) is 42.7 Å². The molecule has 1 amide bonds. The van der Waals surface area contributed by atoms with Gasteiger partial charge in [0.15, 0.2) is 0 Å². The van der Waals surface area contributed by atoms with Crippen molar-refractivity contribution in [2.24, 2.45) is 0 Å². The number of hydrogen-bond acceptors (Lipinski definition) is 6. The Morgan fingerprint density at radius 1 is 1.12 bits per heavy atom. The molecule has 1 fully saturated rings. The van der Waals surface area contributed by atoms with Crippen molar-refractivity contribution in [3.05, 3.63) is 54.0 Å². The van der Waals surface area contributed by atoms with Crippen LogP contribution in [0.3, 0.4) is 0 Å². The fraction of sp³-hybridized carbons (Fsp3) is 0.368. The van der Waals surface area contributed by atoms with Gasteiger partial charge in [0.1, 0.15) is 11.5 Å². The molecule has 0 aliphatic carbocycles. The van der Waals surface area contributed by atoms with Crippen molar-refractivity contribution in [1.29, 1.82) is 0 Å². The number of anilines is 1. The zero-order valence-electron chi connectivity index (χ0n) is 14.8. The molecular weight excluding hydrogens is 332 g/mol. The van der Waals surface area contributed by atoms with E-state index in [0.29, 0.717) is 37.5 Å². The second-order valence-electron chi connectivity index (χ2n) is 5.98. The highest BCUT2D eigenvalue weighted by Gasteiger charge is 2.21. The average molecular weight is 354 g/mol. The third kappa shape index (κ3) is 4.17. The van der Waals surface area contributed by atoms with Crippen LogP contribution < -0.4 is 4.90 Å². The van der Waals surface area contributed by atoms with Gasteiger partial charge in [-0.2, -0.15) is 0 Å². The van der Waals surface area contributed by atoms with Gasteiger partial charge in [-0.25, -0.2) is 9.78 Å². The van der Waals surface area contributed by atoms with E-state index in [1.807, 2.05) is 12.1 Å². The van der Waals surface area contributed by atoms with Crippen LogP contribution in [0.4, 0.5) is 10.6 Å². The van der Waals surface area contributed by atoms with Gasteiger partial charge in [-0.05, 0) is 37.6 Å². The smallest absolute Gasteiger partial charge is 0.409 e. The van der Waals surface area contributed by atoms with Gasteiger partial charge >= 0.3 is 6.09 Å². The topological polar surface area (TPSA) is 75.6 Å². The summed E-state index contributed by atoms with van der Waals surface area (Å²) in [5, 5.41) is 0. The number of rotatable bonds is 4. The molecule has 0 spiro atoms. The SMILES string of the molecule is CCOC(=O)N1CCCN(c2cccc(C(=O)c3cccnc3)n2)CC1. The number of carbonyl (C=O) groups excluding carboxylic acids is 2. The van der Waals surface area contributed by atoms with Gasteiger partial charge in [0.2, 0.25) is 5.78 Å². The zero-order chi connectivity index (χ0) is 18.4. The van der Waals surface area contributed by atoms with Crippen LogP contribution in [0, 0.1) is 0 Å². The third-order valence-corrected chi connectivity index (χ3v) is 4.24. The molecule has 2 aromatic heterocycles. The molecule has 0 bridgehead atoms. The Balaban J connectivity index is 1.72. The van der Waals surface area contributed by atoms with E-state index in [1.54, 1.807) is 42.4 Å². The van der Waals surface area contributed by atoms with E-state index in [-0.39, 0.29) is 11.9 Å². The molecule has 1 saturated heterocycles. The molecule has 1 aliphatic rings. The van der Waals surface area contributed by atoms with Crippen molar-refractivity contribution >= 4 is 17.7 Å². The van der Waals surface area contributed by atoms with Gasteiger partial charge in [0.05, 0.1) is 6.61 Å². The molecule has 1 aliphatic heterocycles. The average Bonchev–Trinajstić information content (AvgIpc) is 2.95. The van der Waals surface area contributed by atoms with Gasteiger partial charge in [-0.3, -0.25) is 9.78 Å². The minimum absolute atomic E-state index is 0.150. The van der Waals surface area contributed by atoms with Crippen LogP contribution in [-0.2, 0) is 4.74 Å². The van der Waals surface area contributed by atoms with E-state index < -0.39 is 0 Å². The number of hydrogen-bond donors (Lipinski definition) is 0. The second kappa shape index (κ2) is 8.42. The lowest BCUT2D eigenvalue weighted by atomic mass is 10.1. The summed E-state index contributed by atoms with van der Waals surface area (Å²) < 4.78 is 5.08. The van der Waals surface area contributed by atoms with Crippen LogP contribution in [0.1, 0.15) is 29.4 Å². The molecule has 3 rings (SSSR count). The van der Waals surface area contributed by atoms with Crippen LogP contribution in [0.25, 0.3) is 0 Å². The molecule has 0 aromatic carbocycles. The number of aromatic nitrogens is 2. The van der Waals surface area contributed by atoms with Crippen molar-refractivity contribution in [1.82, 2.24) is 14.9 Å². The van der Waals surface area contributed by atoms with Crippen molar-refractivity contribution in [2.75, 3.05) is 37.7 Å². The van der Waals surface area contributed by atoms with E-state index in [0.717, 1.165) is 18.8 Å². The summed E-state index contributed by atoms with van der Waals surface area (Å²) in [6.07, 6.45) is 3.72. The number of carbonyl (C=O) groups is 2. The Hall–Kier alpha value is -2.96. The summed E-state index contributed by atoms with van der Waals surface area (Å²) in [5.41, 5.74) is 0.906. The first-order valence-corrected chi connectivity index (χ1v) is 8.77. The number of ketones is 1. The Bertz CT molecular complexity index is 766. The Morgan fingerprint density at radius 3 is 2.77 bits per heavy atom. The maximum Gasteiger partial charge on any atom is 0.409 e. The predicted molar refractivity (Wildman–Crippen MR) is 97.3 cm³/mol. The fourth-order valence-electron chi connectivity index (χ4n) is 2.91. The van der Waals surface area contributed by atoms with Crippen molar-refractivity contribution in [3.63, 3.8) is 0 Å². The minimum Gasteiger partial charge on any atom is -0.450 e. The molecule has 0 N–H and O–H groups in total. The number of ether oxygens (including phenoxy) is 1. The normalized spacial score (nSPS) is 14.7. The summed E-state index contributed by atoms with van der Waals surface area (Å²) >= 11 is 0. The van der Waals surface area contributed by atoms with Crippen LogP contribution >= 0.6 is 0 Å². The summed E-state index contributed by atoms with van der Waals surface area (Å²) in [6, 6.07) is 8.89. The van der Waals surface area contributed by atoms with E-state index in [4.69, 9.17) is 4.74 Å². The lowest BCUT2D eigenvalue weighted by Crippen LogP contribution is -2.35. The van der Waals surface area contributed by atoms with Gasteiger partial charge in [-0.15, -0.1) is 0 Å². The predicted octanol–water partition coefficient (Wildman–Crippen LogP) is 2.38. The van der Waals surface area contributed by atoms with Crippen LogP contribution in [0.5, 0.6) is 0 Å². The molecule has 0 atom stereocenters. The summed E-state index contributed by atoms with van der Waals surface area (Å²) in [5.74, 6) is 0.591. The van der Waals surface area contributed by atoms with Gasteiger partial charge in [-0.1, -0.05) is 6.07 Å². The molecule has 26 heavy (non-hydrogen) atoms. The monoisotopic (exact) mass is 354 g/mol. The molecule has 7 heteroatoms. The first-order chi connectivity index (χ1) is 12.7. The number of pyridine rings is 2. The molecule has 3 heterocycles. The zero-order valence-corrected chi connectivity index (χ0v) is 14.8. The molecule has 0 saturated carbocycles. The lowest BCUT2D eigenvalue weighted by molar-refractivity contribution is 0.103. The molecule has 2 aromatic rings. The number of amides is 1. The maximum atomic E-state index is 12.6. The summed E-state index contributed by atoms with van der Waals surface area (Å²) in [4.78, 5) is 36.8. The summed E-state index contributed by atoms with van der Waals surface area (Å²) in [7, 11) is 0. The van der Waals surface area contributed by atoms with Gasteiger partial charge in [0, 0.05) is 44.1 Å².